The fraction of sp³-hybridized carbons (Fsp3) is 0. The molecule has 5 aromatic heterocycles. The summed E-state index contributed by atoms with van der Waals surface area (Å²) in [5.74, 6) is 1.18. The normalized spacial score (nSPS) is 11.7. The maximum Gasteiger partial charge on any atom is 0.254 e. The van der Waals surface area contributed by atoms with E-state index in [1.54, 1.807) is 0 Å². The first-order valence-corrected chi connectivity index (χ1v) is 16.2. The summed E-state index contributed by atoms with van der Waals surface area (Å²) < 4.78 is 6.25. The van der Waals surface area contributed by atoms with E-state index in [0.717, 1.165) is 66.5 Å². The van der Waals surface area contributed by atoms with Gasteiger partial charge in [0.25, 0.3) is 5.95 Å². The molecule has 10 aromatic rings. The molecule has 5 heterocycles. The molecule has 0 aliphatic heterocycles. The summed E-state index contributed by atoms with van der Waals surface area (Å²) in [5, 5.41) is 8.51. The van der Waals surface area contributed by atoms with E-state index in [-0.39, 0.29) is 0 Å². The van der Waals surface area contributed by atoms with Crippen LogP contribution in [0.15, 0.2) is 164 Å². The van der Waals surface area contributed by atoms with E-state index in [0.29, 0.717) is 17.4 Å². The van der Waals surface area contributed by atoms with Gasteiger partial charge in [-0.1, -0.05) is 103 Å². The number of aromatic nitrogens is 7. The standard InChI is InChI=1S/C42H27N7/c1-4-13-28(14-5-1)35-27-36(29-15-6-2-7-16-29)44-40(43-35)34-20-12-25-48-41(34)45-42(46-48)49-38-21-11-10-19-31(38)32-22-23-37-33(39(32)49)24-26-47(37)30-17-8-3-9-18-30/h1-27H. The zero-order valence-electron chi connectivity index (χ0n) is 26.2. The van der Waals surface area contributed by atoms with Crippen LogP contribution in [0, 0.1) is 0 Å². The van der Waals surface area contributed by atoms with Crippen LogP contribution in [0.1, 0.15) is 0 Å². The van der Waals surface area contributed by atoms with E-state index in [1.165, 1.54) is 0 Å². The summed E-state index contributed by atoms with van der Waals surface area (Å²) in [4.78, 5) is 15.4. The summed E-state index contributed by atoms with van der Waals surface area (Å²) in [6, 6.07) is 52.0. The third-order valence-corrected chi connectivity index (χ3v) is 9.19. The van der Waals surface area contributed by atoms with Crippen LogP contribution in [0.25, 0.3) is 83.9 Å². The van der Waals surface area contributed by atoms with Gasteiger partial charge in [-0.2, -0.15) is 4.98 Å². The molecule has 0 radical (unpaired) electrons. The van der Waals surface area contributed by atoms with Gasteiger partial charge in [0.05, 0.1) is 33.5 Å². The van der Waals surface area contributed by atoms with Gasteiger partial charge in [0, 0.05) is 45.4 Å². The van der Waals surface area contributed by atoms with Crippen molar-refractivity contribution in [3.63, 3.8) is 0 Å². The summed E-state index contributed by atoms with van der Waals surface area (Å²) in [7, 11) is 0. The fourth-order valence-electron chi connectivity index (χ4n) is 6.94. The summed E-state index contributed by atoms with van der Waals surface area (Å²) in [5.41, 5.74) is 9.57. The highest BCUT2D eigenvalue weighted by Crippen LogP contribution is 2.37. The maximum absolute atomic E-state index is 5.24. The van der Waals surface area contributed by atoms with Crippen LogP contribution in [-0.4, -0.2) is 33.7 Å². The van der Waals surface area contributed by atoms with Crippen molar-refractivity contribution in [2.75, 3.05) is 0 Å². The van der Waals surface area contributed by atoms with E-state index >= 15 is 0 Å². The van der Waals surface area contributed by atoms with Gasteiger partial charge < -0.3 is 4.57 Å². The predicted molar refractivity (Wildman–Crippen MR) is 196 cm³/mol. The first kappa shape index (κ1) is 27.3. The summed E-state index contributed by atoms with van der Waals surface area (Å²) in [6.07, 6.45) is 4.07. The molecule has 0 saturated carbocycles. The molecule has 7 heteroatoms. The van der Waals surface area contributed by atoms with E-state index in [9.17, 15) is 0 Å². The number of pyridine rings is 1. The molecular formula is C42H27N7. The molecular weight excluding hydrogens is 603 g/mol. The van der Waals surface area contributed by atoms with Gasteiger partial charge in [-0.25, -0.2) is 14.5 Å². The molecule has 0 atom stereocenters. The molecule has 230 valence electrons. The van der Waals surface area contributed by atoms with Crippen molar-refractivity contribution in [2.24, 2.45) is 0 Å². The molecule has 0 bridgehead atoms. The Hall–Kier alpha value is -6.86. The molecule has 10 rings (SSSR count). The van der Waals surface area contributed by atoms with Gasteiger partial charge in [0.1, 0.15) is 0 Å². The second kappa shape index (κ2) is 10.9. The van der Waals surface area contributed by atoms with Gasteiger partial charge in [0.2, 0.25) is 0 Å². The van der Waals surface area contributed by atoms with Crippen molar-refractivity contribution < 1.29 is 0 Å². The van der Waals surface area contributed by atoms with Crippen LogP contribution in [0.5, 0.6) is 0 Å². The smallest absolute Gasteiger partial charge is 0.254 e. The Labute approximate surface area is 281 Å². The zero-order chi connectivity index (χ0) is 32.3. The molecule has 0 aliphatic carbocycles. The Morgan fingerprint density at radius 2 is 1.14 bits per heavy atom. The molecule has 0 aliphatic rings. The van der Waals surface area contributed by atoms with Crippen molar-refractivity contribution in [1.82, 2.24) is 33.7 Å². The van der Waals surface area contributed by atoms with Crippen molar-refractivity contribution >= 4 is 38.4 Å². The lowest BCUT2D eigenvalue weighted by Gasteiger charge is -2.09. The largest absolute Gasteiger partial charge is 0.316 e. The fourth-order valence-corrected chi connectivity index (χ4v) is 6.94. The third-order valence-electron chi connectivity index (χ3n) is 9.19. The number of hydrogen-bond donors (Lipinski definition) is 0. The van der Waals surface area contributed by atoms with Crippen LogP contribution < -0.4 is 0 Å². The average Bonchev–Trinajstić information content (AvgIpc) is 3.89. The Morgan fingerprint density at radius 3 is 1.88 bits per heavy atom. The Kier molecular flexibility index (Phi) is 6.04. The highest BCUT2D eigenvalue weighted by molar-refractivity contribution is 6.18. The quantitative estimate of drug-likeness (QED) is 0.190. The number of para-hydroxylation sites is 2. The second-order valence-electron chi connectivity index (χ2n) is 12.1. The Morgan fingerprint density at radius 1 is 0.469 bits per heavy atom. The first-order chi connectivity index (χ1) is 24.3. The van der Waals surface area contributed by atoms with Crippen LogP contribution in [0.2, 0.25) is 0 Å². The van der Waals surface area contributed by atoms with Gasteiger partial charge in [0.15, 0.2) is 11.5 Å². The van der Waals surface area contributed by atoms with Crippen molar-refractivity contribution in [3.05, 3.63) is 164 Å². The number of benzene rings is 5. The zero-order valence-corrected chi connectivity index (χ0v) is 26.2. The maximum atomic E-state index is 5.24. The highest BCUT2D eigenvalue weighted by atomic mass is 15.4. The van der Waals surface area contributed by atoms with Gasteiger partial charge in [-0.15, -0.1) is 5.10 Å². The van der Waals surface area contributed by atoms with Crippen molar-refractivity contribution in [3.8, 4) is 45.5 Å². The van der Waals surface area contributed by atoms with Crippen LogP contribution in [0.4, 0.5) is 0 Å². The van der Waals surface area contributed by atoms with Crippen molar-refractivity contribution in [1.29, 1.82) is 0 Å². The number of fused-ring (bicyclic) bond motifs is 6. The van der Waals surface area contributed by atoms with Crippen LogP contribution >= 0.6 is 0 Å². The average molecular weight is 630 g/mol. The minimum Gasteiger partial charge on any atom is -0.316 e. The van der Waals surface area contributed by atoms with E-state index in [4.69, 9.17) is 20.1 Å². The van der Waals surface area contributed by atoms with E-state index in [1.807, 2.05) is 65.3 Å². The Bertz CT molecular complexity index is 2760. The van der Waals surface area contributed by atoms with E-state index < -0.39 is 0 Å². The molecule has 0 saturated heterocycles. The first-order valence-electron chi connectivity index (χ1n) is 16.2. The number of hydrogen-bond acceptors (Lipinski definition) is 4. The number of nitrogens with zero attached hydrogens (tertiary/aromatic N) is 7. The van der Waals surface area contributed by atoms with Gasteiger partial charge >= 0.3 is 0 Å². The second-order valence-corrected chi connectivity index (χ2v) is 12.1. The third kappa shape index (κ3) is 4.37. The summed E-state index contributed by atoms with van der Waals surface area (Å²) in [6.45, 7) is 0. The Balaban J connectivity index is 1.21. The van der Waals surface area contributed by atoms with Crippen molar-refractivity contribution in [2.45, 2.75) is 0 Å². The lowest BCUT2D eigenvalue weighted by atomic mass is 10.1. The minimum absolute atomic E-state index is 0.584. The molecule has 0 spiro atoms. The molecule has 5 aromatic carbocycles. The van der Waals surface area contributed by atoms with Gasteiger partial charge in [-0.05, 0) is 48.5 Å². The predicted octanol–water partition coefficient (Wildman–Crippen LogP) is 9.56. The molecule has 0 amide bonds. The molecule has 0 fully saturated rings. The summed E-state index contributed by atoms with van der Waals surface area (Å²) >= 11 is 0. The highest BCUT2D eigenvalue weighted by Gasteiger charge is 2.21. The van der Waals surface area contributed by atoms with Crippen LogP contribution in [0.3, 0.4) is 0 Å². The SMILES string of the molecule is c1ccc(-c2cc(-c3ccccc3)nc(-c3cccn4nc(-n5c6ccccc6c6ccc7c(ccn7-c7ccccc7)c65)nc34)n2)cc1. The topological polar surface area (TPSA) is 65.8 Å². The minimum atomic E-state index is 0.584. The molecule has 0 unspecified atom stereocenters. The molecule has 0 N–H and O–H groups in total. The van der Waals surface area contributed by atoms with Gasteiger partial charge in [-0.3, -0.25) is 4.57 Å². The number of rotatable bonds is 5. The van der Waals surface area contributed by atoms with Crippen LogP contribution in [-0.2, 0) is 0 Å². The lowest BCUT2D eigenvalue weighted by Crippen LogP contribution is -1.98. The molecule has 7 nitrogen and oxygen atoms in total. The monoisotopic (exact) mass is 629 g/mol. The van der Waals surface area contributed by atoms with E-state index in [2.05, 4.69) is 112 Å². The molecule has 49 heavy (non-hydrogen) atoms. The lowest BCUT2D eigenvalue weighted by molar-refractivity contribution is 0.916.